The van der Waals surface area contributed by atoms with Crippen molar-refractivity contribution in [2.24, 2.45) is 0 Å². The maximum atomic E-state index is 3.64. The van der Waals surface area contributed by atoms with Crippen molar-refractivity contribution in [1.82, 2.24) is 10.2 Å². The third-order valence-corrected chi connectivity index (χ3v) is 4.57. The minimum Gasteiger partial charge on any atom is -0.311 e. The molecule has 0 amide bonds. The summed E-state index contributed by atoms with van der Waals surface area (Å²) >= 11 is 0. The lowest BCUT2D eigenvalue weighted by molar-refractivity contribution is 0.136. The van der Waals surface area contributed by atoms with Crippen molar-refractivity contribution in [2.45, 2.75) is 90.6 Å². The van der Waals surface area contributed by atoms with E-state index in [9.17, 15) is 0 Å². The van der Waals surface area contributed by atoms with E-state index in [1.807, 2.05) is 0 Å². The fourth-order valence-corrected chi connectivity index (χ4v) is 3.03. The molecule has 0 bridgehead atoms. The second kappa shape index (κ2) is 10.7. The van der Waals surface area contributed by atoms with Crippen LogP contribution in [0.25, 0.3) is 0 Å². The fourth-order valence-electron chi connectivity index (χ4n) is 3.03. The van der Waals surface area contributed by atoms with Gasteiger partial charge in [0, 0.05) is 25.2 Å². The summed E-state index contributed by atoms with van der Waals surface area (Å²) in [6.45, 7) is 10.7. The Kier molecular flexibility index (Phi) is 9.54. The number of hydrogen-bond acceptors (Lipinski definition) is 2. The van der Waals surface area contributed by atoms with Crippen molar-refractivity contribution in [3.8, 4) is 0 Å². The molecule has 1 N–H and O–H groups in total. The van der Waals surface area contributed by atoms with Gasteiger partial charge < -0.3 is 5.32 Å². The summed E-state index contributed by atoms with van der Waals surface area (Å²) in [6, 6.07) is 1.46. The van der Waals surface area contributed by atoms with Crippen molar-refractivity contribution >= 4 is 0 Å². The van der Waals surface area contributed by atoms with Gasteiger partial charge in [-0.05, 0) is 26.3 Å². The van der Waals surface area contributed by atoms with E-state index in [0.29, 0.717) is 0 Å². The van der Waals surface area contributed by atoms with E-state index in [0.717, 1.165) is 12.1 Å². The summed E-state index contributed by atoms with van der Waals surface area (Å²) in [7, 11) is 0. The molecule has 1 saturated heterocycles. The lowest BCUT2D eigenvalue weighted by atomic mass is 10.1. The number of unbranched alkanes of at least 4 members (excludes halogenated alkanes) is 7. The molecule has 2 unspecified atom stereocenters. The van der Waals surface area contributed by atoms with Crippen LogP contribution in [0.5, 0.6) is 0 Å². The lowest BCUT2D eigenvalue weighted by Crippen LogP contribution is -2.55. The van der Waals surface area contributed by atoms with Crippen LogP contribution in [0.4, 0.5) is 0 Å². The molecule has 114 valence electrons. The minimum atomic E-state index is 0.727. The molecule has 0 aromatic carbocycles. The highest BCUT2D eigenvalue weighted by molar-refractivity contribution is 4.82. The molecule has 0 spiro atoms. The molecular weight excluding hydrogens is 232 g/mol. The fraction of sp³-hybridized carbons (Fsp3) is 1.00. The molecule has 1 heterocycles. The van der Waals surface area contributed by atoms with E-state index in [2.05, 4.69) is 31.0 Å². The first-order valence-electron chi connectivity index (χ1n) is 8.75. The normalized spacial score (nSPS) is 24.8. The molecule has 0 aliphatic carbocycles. The molecule has 1 aliphatic rings. The SMILES string of the molecule is CCCCCCCCCCN1CC(CC)NCC1C. The molecule has 2 heteroatoms. The van der Waals surface area contributed by atoms with Gasteiger partial charge in [0.25, 0.3) is 0 Å². The van der Waals surface area contributed by atoms with Gasteiger partial charge >= 0.3 is 0 Å². The number of hydrogen-bond donors (Lipinski definition) is 1. The average Bonchev–Trinajstić information content (AvgIpc) is 2.43. The predicted octanol–water partition coefficient (Wildman–Crippen LogP) is 4.20. The zero-order valence-electron chi connectivity index (χ0n) is 13.6. The topological polar surface area (TPSA) is 15.3 Å². The van der Waals surface area contributed by atoms with E-state index < -0.39 is 0 Å². The molecule has 0 radical (unpaired) electrons. The van der Waals surface area contributed by atoms with Crippen LogP contribution in [0.1, 0.15) is 78.6 Å². The summed E-state index contributed by atoms with van der Waals surface area (Å²) < 4.78 is 0. The van der Waals surface area contributed by atoms with Crippen LogP contribution in [-0.4, -0.2) is 36.6 Å². The van der Waals surface area contributed by atoms with E-state index in [1.165, 1.54) is 77.4 Å². The molecule has 0 aromatic rings. The Balaban J connectivity index is 1.98. The zero-order chi connectivity index (χ0) is 13.9. The molecule has 2 atom stereocenters. The monoisotopic (exact) mass is 268 g/mol. The van der Waals surface area contributed by atoms with Gasteiger partial charge in [0.1, 0.15) is 0 Å². The molecule has 0 aromatic heterocycles. The minimum absolute atomic E-state index is 0.727. The second-order valence-corrected chi connectivity index (χ2v) is 6.33. The number of piperazine rings is 1. The molecule has 2 nitrogen and oxygen atoms in total. The Morgan fingerprint density at radius 3 is 2.21 bits per heavy atom. The van der Waals surface area contributed by atoms with Crippen LogP contribution in [-0.2, 0) is 0 Å². The molecule has 1 aliphatic heterocycles. The van der Waals surface area contributed by atoms with Gasteiger partial charge in [-0.15, -0.1) is 0 Å². The van der Waals surface area contributed by atoms with Gasteiger partial charge in [-0.3, -0.25) is 4.90 Å². The summed E-state index contributed by atoms with van der Waals surface area (Å²) in [6.07, 6.45) is 12.7. The Morgan fingerprint density at radius 1 is 0.947 bits per heavy atom. The van der Waals surface area contributed by atoms with Crippen molar-refractivity contribution < 1.29 is 0 Å². The maximum Gasteiger partial charge on any atom is 0.0193 e. The van der Waals surface area contributed by atoms with Gasteiger partial charge in [0.2, 0.25) is 0 Å². The third kappa shape index (κ3) is 7.31. The number of nitrogens with zero attached hydrogens (tertiary/aromatic N) is 1. The van der Waals surface area contributed by atoms with Crippen LogP contribution in [0.3, 0.4) is 0 Å². The Labute approximate surface area is 121 Å². The Bertz CT molecular complexity index is 205. The second-order valence-electron chi connectivity index (χ2n) is 6.33. The molecular formula is C17H36N2. The summed E-state index contributed by atoms with van der Waals surface area (Å²) in [5, 5.41) is 3.64. The Hall–Kier alpha value is -0.0800. The lowest BCUT2D eigenvalue weighted by Gasteiger charge is -2.38. The van der Waals surface area contributed by atoms with Crippen molar-refractivity contribution in [1.29, 1.82) is 0 Å². The van der Waals surface area contributed by atoms with Crippen LogP contribution < -0.4 is 5.32 Å². The largest absolute Gasteiger partial charge is 0.311 e. The van der Waals surface area contributed by atoms with Gasteiger partial charge in [-0.2, -0.15) is 0 Å². The van der Waals surface area contributed by atoms with Crippen molar-refractivity contribution in [2.75, 3.05) is 19.6 Å². The highest BCUT2D eigenvalue weighted by Crippen LogP contribution is 2.12. The first-order valence-corrected chi connectivity index (χ1v) is 8.75. The Morgan fingerprint density at radius 2 is 1.58 bits per heavy atom. The van der Waals surface area contributed by atoms with Crippen LogP contribution in [0, 0.1) is 0 Å². The maximum absolute atomic E-state index is 3.64. The molecule has 0 saturated carbocycles. The quantitative estimate of drug-likeness (QED) is 0.597. The number of rotatable bonds is 10. The van der Waals surface area contributed by atoms with E-state index in [1.54, 1.807) is 0 Å². The van der Waals surface area contributed by atoms with Crippen LogP contribution in [0.2, 0.25) is 0 Å². The first-order chi connectivity index (χ1) is 9.27. The highest BCUT2D eigenvalue weighted by atomic mass is 15.2. The summed E-state index contributed by atoms with van der Waals surface area (Å²) in [4.78, 5) is 2.70. The average molecular weight is 268 g/mol. The van der Waals surface area contributed by atoms with Gasteiger partial charge in [0.05, 0.1) is 0 Å². The molecule has 1 fully saturated rings. The standard InChI is InChI=1S/C17H36N2/c1-4-6-7-8-9-10-11-12-13-19-15-17(5-2)18-14-16(19)3/h16-18H,4-15H2,1-3H3. The number of nitrogens with one attached hydrogen (secondary N) is 1. The van der Waals surface area contributed by atoms with Crippen LogP contribution in [0.15, 0.2) is 0 Å². The highest BCUT2D eigenvalue weighted by Gasteiger charge is 2.22. The first kappa shape index (κ1) is 17.0. The van der Waals surface area contributed by atoms with Gasteiger partial charge in [-0.1, -0.05) is 58.8 Å². The van der Waals surface area contributed by atoms with Gasteiger partial charge in [0.15, 0.2) is 0 Å². The molecule has 1 rings (SSSR count). The van der Waals surface area contributed by atoms with Gasteiger partial charge in [-0.25, -0.2) is 0 Å². The molecule has 19 heavy (non-hydrogen) atoms. The van der Waals surface area contributed by atoms with Crippen LogP contribution >= 0.6 is 0 Å². The van der Waals surface area contributed by atoms with E-state index in [4.69, 9.17) is 0 Å². The summed E-state index contributed by atoms with van der Waals surface area (Å²) in [5.41, 5.74) is 0. The smallest absolute Gasteiger partial charge is 0.0193 e. The van der Waals surface area contributed by atoms with Crippen molar-refractivity contribution in [3.63, 3.8) is 0 Å². The van der Waals surface area contributed by atoms with E-state index >= 15 is 0 Å². The zero-order valence-corrected chi connectivity index (χ0v) is 13.6. The van der Waals surface area contributed by atoms with E-state index in [-0.39, 0.29) is 0 Å². The predicted molar refractivity (Wildman–Crippen MR) is 85.7 cm³/mol. The third-order valence-electron chi connectivity index (χ3n) is 4.57. The summed E-state index contributed by atoms with van der Waals surface area (Å²) in [5.74, 6) is 0. The van der Waals surface area contributed by atoms with Crippen molar-refractivity contribution in [3.05, 3.63) is 0 Å².